The third-order valence-corrected chi connectivity index (χ3v) is 3.88. The molecule has 0 bridgehead atoms. The normalized spacial score (nSPS) is 14.5. The minimum absolute atomic E-state index is 0. The van der Waals surface area contributed by atoms with Gasteiger partial charge in [-0.2, -0.15) is 0 Å². The molecule has 1 aliphatic rings. The van der Waals surface area contributed by atoms with E-state index in [9.17, 15) is 9.59 Å². The molecule has 5 nitrogen and oxygen atoms in total. The van der Waals surface area contributed by atoms with Crippen molar-refractivity contribution in [1.82, 2.24) is 10.6 Å². The van der Waals surface area contributed by atoms with Crippen molar-refractivity contribution < 1.29 is 9.59 Å². The van der Waals surface area contributed by atoms with Crippen LogP contribution in [0.5, 0.6) is 0 Å². The van der Waals surface area contributed by atoms with Crippen LogP contribution in [-0.2, 0) is 9.59 Å². The van der Waals surface area contributed by atoms with Crippen molar-refractivity contribution >= 4 is 24.2 Å². The number of carbonyl (C=O) groups is 2. The summed E-state index contributed by atoms with van der Waals surface area (Å²) in [5, 5.41) is 5.68. The van der Waals surface area contributed by atoms with E-state index < -0.39 is 5.41 Å². The molecule has 19 heavy (non-hydrogen) atoms. The van der Waals surface area contributed by atoms with Crippen molar-refractivity contribution in [1.29, 1.82) is 0 Å². The van der Waals surface area contributed by atoms with Crippen LogP contribution >= 0.6 is 12.4 Å². The summed E-state index contributed by atoms with van der Waals surface area (Å²) in [5.74, 6) is 0.325. The van der Waals surface area contributed by atoms with Crippen LogP contribution in [-0.4, -0.2) is 31.4 Å². The van der Waals surface area contributed by atoms with Gasteiger partial charge in [0.25, 0.3) is 0 Å². The fourth-order valence-electron chi connectivity index (χ4n) is 1.99. The molecule has 0 saturated heterocycles. The number of halogens is 1. The van der Waals surface area contributed by atoms with Crippen LogP contribution in [0.15, 0.2) is 0 Å². The lowest BCUT2D eigenvalue weighted by atomic mass is 9.81. The third kappa shape index (κ3) is 4.99. The van der Waals surface area contributed by atoms with Gasteiger partial charge in [0.05, 0.1) is 5.41 Å². The standard InChI is InChI=1S/C13H25N3O2.ClH/c1-3-13(4-2,9-14)12(18)16-8-7-15-11(17)10-5-6-10;/h10H,3-9,14H2,1-2H3,(H,15,17)(H,16,18);1H. The summed E-state index contributed by atoms with van der Waals surface area (Å²) in [6.45, 7) is 5.28. The summed E-state index contributed by atoms with van der Waals surface area (Å²) >= 11 is 0. The molecule has 0 aromatic carbocycles. The van der Waals surface area contributed by atoms with Crippen molar-refractivity contribution in [3.63, 3.8) is 0 Å². The lowest BCUT2D eigenvalue weighted by molar-refractivity contribution is -0.131. The second kappa shape index (κ2) is 8.38. The first-order valence-electron chi connectivity index (χ1n) is 6.85. The van der Waals surface area contributed by atoms with Crippen molar-refractivity contribution in [2.75, 3.05) is 19.6 Å². The van der Waals surface area contributed by atoms with Crippen molar-refractivity contribution in [2.45, 2.75) is 39.5 Å². The molecule has 0 spiro atoms. The van der Waals surface area contributed by atoms with Gasteiger partial charge in [-0.3, -0.25) is 9.59 Å². The lowest BCUT2D eigenvalue weighted by Gasteiger charge is -2.28. The van der Waals surface area contributed by atoms with Gasteiger partial charge < -0.3 is 16.4 Å². The Labute approximate surface area is 121 Å². The number of hydrogen-bond donors (Lipinski definition) is 3. The van der Waals surface area contributed by atoms with Crippen LogP contribution in [0.3, 0.4) is 0 Å². The number of hydrogen-bond acceptors (Lipinski definition) is 3. The Bertz CT molecular complexity index is 294. The van der Waals surface area contributed by atoms with Gasteiger partial charge in [0.15, 0.2) is 0 Å². The molecule has 0 atom stereocenters. The van der Waals surface area contributed by atoms with Gasteiger partial charge in [0.1, 0.15) is 0 Å². The number of rotatable bonds is 8. The minimum atomic E-state index is -0.458. The topological polar surface area (TPSA) is 84.2 Å². The molecule has 0 heterocycles. The highest BCUT2D eigenvalue weighted by Crippen LogP contribution is 2.28. The Balaban J connectivity index is 0.00000324. The van der Waals surface area contributed by atoms with Crippen LogP contribution in [0.2, 0.25) is 0 Å². The van der Waals surface area contributed by atoms with E-state index in [1.807, 2.05) is 13.8 Å². The largest absolute Gasteiger partial charge is 0.354 e. The van der Waals surface area contributed by atoms with E-state index >= 15 is 0 Å². The Hall–Kier alpha value is -0.810. The summed E-state index contributed by atoms with van der Waals surface area (Å²) in [5.41, 5.74) is 5.24. The third-order valence-electron chi connectivity index (χ3n) is 3.88. The molecule has 0 radical (unpaired) electrons. The summed E-state index contributed by atoms with van der Waals surface area (Å²) in [4.78, 5) is 23.4. The first-order valence-corrected chi connectivity index (χ1v) is 6.85. The lowest BCUT2D eigenvalue weighted by Crippen LogP contribution is -2.47. The van der Waals surface area contributed by atoms with Crippen LogP contribution in [0.4, 0.5) is 0 Å². The SMILES string of the molecule is CCC(CC)(CN)C(=O)NCCNC(=O)C1CC1.Cl. The van der Waals surface area contributed by atoms with Gasteiger partial charge >= 0.3 is 0 Å². The van der Waals surface area contributed by atoms with E-state index in [2.05, 4.69) is 10.6 Å². The van der Waals surface area contributed by atoms with E-state index in [4.69, 9.17) is 5.73 Å². The second-order valence-corrected chi connectivity index (χ2v) is 5.01. The second-order valence-electron chi connectivity index (χ2n) is 5.01. The zero-order valence-corrected chi connectivity index (χ0v) is 12.6. The molecule has 1 fully saturated rings. The van der Waals surface area contributed by atoms with Gasteiger partial charge in [-0.25, -0.2) is 0 Å². The molecule has 112 valence electrons. The summed E-state index contributed by atoms with van der Waals surface area (Å²) < 4.78 is 0. The van der Waals surface area contributed by atoms with E-state index in [-0.39, 0.29) is 30.1 Å². The van der Waals surface area contributed by atoms with Gasteiger partial charge in [0.2, 0.25) is 11.8 Å². The Morgan fingerprint density at radius 1 is 1.16 bits per heavy atom. The van der Waals surface area contributed by atoms with Gasteiger partial charge in [0, 0.05) is 25.6 Å². The molecule has 6 heteroatoms. The van der Waals surface area contributed by atoms with Crippen LogP contribution < -0.4 is 16.4 Å². The molecule has 0 aromatic heterocycles. The quantitative estimate of drug-likeness (QED) is 0.579. The Morgan fingerprint density at radius 3 is 2.11 bits per heavy atom. The zero-order valence-electron chi connectivity index (χ0n) is 11.8. The highest BCUT2D eigenvalue weighted by Gasteiger charge is 2.33. The Morgan fingerprint density at radius 2 is 1.68 bits per heavy atom. The van der Waals surface area contributed by atoms with Crippen LogP contribution in [0, 0.1) is 11.3 Å². The molecular formula is C13H26ClN3O2. The van der Waals surface area contributed by atoms with E-state index in [1.165, 1.54) is 0 Å². The van der Waals surface area contributed by atoms with Gasteiger partial charge in [-0.1, -0.05) is 13.8 Å². The van der Waals surface area contributed by atoms with Crippen molar-refractivity contribution in [3.8, 4) is 0 Å². The summed E-state index contributed by atoms with van der Waals surface area (Å²) in [6.07, 6.45) is 3.47. The molecule has 0 aromatic rings. The monoisotopic (exact) mass is 291 g/mol. The Kier molecular flexibility index (Phi) is 8.02. The average Bonchev–Trinajstić information content (AvgIpc) is 3.21. The van der Waals surface area contributed by atoms with E-state index in [0.29, 0.717) is 19.6 Å². The molecule has 4 N–H and O–H groups in total. The van der Waals surface area contributed by atoms with E-state index in [1.54, 1.807) is 0 Å². The summed E-state index contributed by atoms with van der Waals surface area (Å²) in [6, 6.07) is 0. The predicted molar refractivity (Wildman–Crippen MR) is 78.1 cm³/mol. The minimum Gasteiger partial charge on any atom is -0.354 e. The molecule has 0 aliphatic heterocycles. The maximum absolute atomic E-state index is 12.0. The molecule has 1 saturated carbocycles. The first kappa shape index (κ1) is 18.2. The summed E-state index contributed by atoms with van der Waals surface area (Å²) in [7, 11) is 0. The van der Waals surface area contributed by atoms with Gasteiger partial charge in [-0.15, -0.1) is 12.4 Å². The molecule has 1 rings (SSSR count). The highest BCUT2D eigenvalue weighted by molar-refractivity contribution is 5.85. The fourth-order valence-corrected chi connectivity index (χ4v) is 1.99. The predicted octanol–water partition coefficient (Wildman–Crippen LogP) is 0.816. The van der Waals surface area contributed by atoms with Crippen LogP contribution in [0.25, 0.3) is 0 Å². The molecule has 2 amide bonds. The fraction of sp³-hybridized carbons (Fsp3) is 0.846. The molecule has 0 unspecified atom stereocenters. The maximum Gasteiger partial charge on any atom is 0.227 e. The number of carbonyl (C=O) groups excluding carboxylic acids is 2. The van der Waals surface area contributed by atoms with Crippen LogP contribution in [0.1, 0.15) is 39.5 Å². The molecule has 1 aliphatic carbocycles. The number of nitrogens with two attached hydrogens (primary N) is 1. The average molecular weight is 292 g/mol. The number of nitrogens with one attached hydrogen (secondary N) is 2. The zero-order chi connectivity index (χ0) is 13.6. The first-order chi connectivity index (χ1) is 8.59. The highest BCUT2D eigenvalue weighted by atomic mass is 35.5. The van der Waals surface area contributed by atoms with Crippen molar-refractivity contribution in [2.24, 2.45) is 17.1 Å². The van der Waals surface area contributed by atoms with Crippen molar-refractivity contribution in [3.05, 3.63) is 0 Å². The van der Waals surface area contributed by atoms with Gasteiger partial charge in [-0.05, 0) is 25.7 Å². The molecular weight excluding hydrogens is 266 g/mol. The smallest absolute Gasteiger partial charge is 0.227 e. The maximum atomic E-state index is 12.0. The van der Waals surface area contributed by atoms with E-state index in [0.717, 1.165) is 25.7 Å². The number of amides is 2.